The van der Waals surface area contributed by atoms with Gasteiger partial charge in [-0.15, -0.1) is 0 Å². The normalized spacial score (nSPS) is 16.4. The highest BCUT2D eigenvalue weighted by molar-refractivity contribution is 6.30. The van der Waals surface area contributed by atoms with Gasteiger partial charge in [-0.2, -0.15) is 0 Å². The van der Waals surface area contributed by atoms with Crippen molar-refractivity contribution in [3.8, 4) is 11.5 Å². The van der Waals surface area contributed by atoms with E-state index in [0.717, 1.165) is 35.6 Å². The number of carbonyl (C=O) groups excluding carboxylic acids is 1. The minimum Gasteiger partial charge on any atom is -0.494 e. The molecule has 222 valence electrons. The van der Waals surface area contributed by atoms with E-state index in [9.17, 15) is 24.6 Å². The first-order chi connectivity index (χ1) is 20.3. The van der Waals surface area contributed by atoms with Gasteiger partial charge in [0, 0.05) is 11.1 Å². The van der Waals surface area contributed by atoms with Gasteiger partial charge in [-0.25, -0.2) is 4.79 Å². The number of hydrogen-bond acceptors (Lipinski definition) is 5. The van der Waals surface area contributed by atoms with Gasteiger partial charge in [0.2, 0.25) is 0 Å². The number of ether oxygens (including phenoxy) is 2. The standard InChI is InChI=1S/C33H36ClNO7/c34-26-13-8-22(9-14-26)4-2-18-41-28-15-10-23(11-16-28)5-3-19-42-30-17-12-25(33(39)40)21-29(30)31(36)35-27-7-1-6-24(20-27)32(37)38/h8-17,21,24,27H,1-7,18-20H2,(H,35,36)(H,37,38)(H,39,40). The smallest absolute Gasteiger partial charge is 0.335 e. The summed E-state index contributed by atoms with van der Waals surface area (Å²) in [6.07, 6.45) is 5.58. The molecule has 0 aliphatic heterocycles. The summed E-state index contributed by atoms with van der Waals surface area (Å²) in [4.78, 5) is 36.0. The van der Waals surface area contributed by atoms with Crippen LogP contribution in [0.15, 0.2) is 66.7 Å². The van der Waals surface area contributed by atoms with E-state index >= 15 is 0 Å². The lowest BCUT2D eigenvalue weighted by atomic mass is 9.85. The number of aromatic carboxylic acids is 1. The first-order valence-electron chi connectivity index (χ1n) is 14.3. The maximum Gasteiger partial charge on any atom is 0.335 e. The Bertz CT molecular complexity index is 1360. The van der Waals surface area contributed by atoms with Crippen molar-refractivity contribution >= 4 is 29.4 Å². The van der Waals surface area contributed by atoms with Gasteiger partial charge in [0.15, 0.2) is 0 Å². The molecule has 0 spiro atoms. The Morgan fingerprint density at radius 3 is 2.12 bits per heavy atom. The monoisotopic (exact) mass is 593 g/mol. The molecule has 2 atom stereocenters. The molecule has 0 bridgehead atoms. The Morgan fingerprint density at radius 1 is 0.833 bits per heavy atom. The molecular weight excluding hydrogens is 558 g/mol. The molecule has 1 saturated carbocycles. The number of amides is 1. The fourth-order valence-corrected chi connectivity index (χ4v) is 5.23. The van der Waals surface area contributed by atoms with Gasteiger partial charge in [-0.3, -0.25) is 9.59 Å². The molecule has 2 unspecified atom stereocenters. The van der Waals surface area contributed by atoms with Crippen molar-refractivity contribution in [1.29, 1.82) is 0 Å². The summed E-state index contributed by atoms with van der Waals surface area (Å²) in [5.41, 5.74) is 2.46. The number of carbonyl (C=O) groups is 3. The average molecular weight is 594 g/mol. The van der Waals surface area contributed by atoms with Crippen LogP contribution in [0.4, 0.5) is 0 Å². The minimum absolute atomic E-state index is 0.0214. The quantitative estimate of drug-likeness (QED) is 0.184. The average Bonchev–Trinajstić information content (AvgIpc) is 2.99. The van der Waals surface area contributed by atoms with Gasteiger partial charge >= 0.3 is 11.9 Å². The Kier molecular flexibility index (Phi) is 11.2. The van der Waals surface area contributed by atoms with Crippen LogP contribution >= 0.6 is 11.6 Å². The molecule has 9 heteroatoms. The highest BCUT2D eigenvalue weighted by Gasteiger charge is 2.29. The zero-order valence-corrected chi connectivity index (χ0v) is 24.1. The predicted octanol–water partition coefficient (Wildman–Crippen LogP) is 6.43. The minimum atomic E-state index is -1.15. The molecule has 3 N–H and O–H groups in total. The second-order valence-corrected chi connectivity index (χ2v) is 11.0. The largest absolute Gasteiger partial charge is 0.494 e. The van der Waals surface area contributed by atoms with E-state index in [2.05, 4.69) is 5.32 Å². The highest BCUT2D eigenvalue weighted by Crippen LogP contribution is 2.26. The van der Waals surface area contributed by atoms with Crippen molar-refractivity contribution in [1.82, 2.24) is 5.32 Å². The van der Waals surface area contributed by atoms with Gasteiger partial charge in [0.05, 0.1) is 30.3 Å². The van der Waals surface area contributed by atoms with E-state index in [-0.39, 0.29) is 17.2 Å². The van der Waals surface area contributed by atoms with Crippen LogP contribution in [0, 0.1) is 5.92 Å². The van der Waals surface area contributed by atoms with Crippen LogP contribution in [0.3, 0.4) is 0 Å². The summed E-state index contributed by atoms with van der Waals surface area (Å²) in [5.74, 6) is -1.86. The second kappa shape index (κ2) is 15.3. The van der Waals surface area contributed by atoms with Crippen molar-refractivity contribution in [3.05, 3.63) is 94.0 Å². The van der Waals surface area contributed by atoms with Crippen LogP contribution in [-0.2, 0) is 17.6 Å². The molecule has 0 saturated heterocycles. The molecule has 3 aromatic carbocycles. The fraction of sp³-hybridized carbons (Fsp3) is 0.364. The number of benzene rings is 3. The lowest BCUT2D eigenvalue weighted by molar-refractivity contribution is -0.143. The highest BCUT2D eigenvalue weighted by atomic mass is 35.5. The summed E-state index contributed by atoms with van der Waals surface area (Å²) < 4.78 is 11.8. The Morgan fingerprint density at radius 2 is 1.48 bits per heavy atom. The third-order valence-electron chi connectivity index (χ3n) is 7.41. The molecule has 0 heterocycles. The number of rotatable bonds is 14. The first kappa shape index (κ1) is 30.9. The number of carboxylic acids is 2. The van der Waals surface area contributed by atoms with Gasteiger partial charge < -0.3 is 25.0 Å². The SMILES string of the molecule is O=C(O)c1ccc(OCCCc2ccc(OCCCc3ccc(Cl)cc3)cc2)c(C(=O)NC2CCCC(C(=O)O)C2)c1. The summed E-state index contributed by atoms with van der Waals surface area (Å²) in [6.45, 7) is 0.952. The Hall–Kier alpha value is -4.04. The summed E-state index contributed by atoms with van der Waals surface area (Å²) >= 11 is 5.93. The van der Waals surface area contributed by atoms with E-state index in [0.29, 0.717) is 51.1 Å². The topological polar surface area (TPSA) is 122 Å². The fourth-order valence-electron chi connectivity index (χ4n) is 5.10. The number of aryl methyl sites for hydroxylation is 2. The molecule has 1 aliphatic rings. The third kappa shape index (κ3) is 9.24. The molecule has 1 fully saturated rings. The Balaban J connectivity index is 1.24. The number of hydrogen-bond donors (Lipinski definition) is 3. The van der Waals surface area contributed by atoms with E-state index in [1.54, 1.807) is 0 Å². The van der Waals surface area contributed by atoms with Crippen LogP contribution in [0.1, 0.15) is 70.4 Å². The van der Waals surface area contributed by atoms with E-state index < -0.39 is 23.8 Å². The molecule has 8 nitrogen and oxygen atoms in total. The molecule has 0 radical (unpaired) electrons. The van der Waals surface area contributed by atoms with Crippen molar-refractivity contribution in [3.63, 3.8) is 0 Å². The van der Waals surface area contributed by atoms with Crippen LogP contribution in [-0.4, -0.2) is 47.3 Å². The van der Waals surface area contributed by atoms with Gasteiger partial charge in [-0.05, 0) is 98.5 Å². The first-order valence-corrected chi connectivity index (χ1v) is 14.7. The van der Waals surface area contributed by atoms with Crippen molar-refractivity contribution in [2.75, 3.05) is 13.2 Å². The zero-order chi connectivity index (χ0) is 29.9. The van der Waals surface area contributed by atoms with Crippen molar-refractivity contribution in [2.45, 2.75) is 57.4 Å². The molecule has 42 heavy (non-hydrogen) atoms. The lowest BCUT2D eigenvalue weighted by Crippen LogP contribution is -2.40. The summed E-state index contributed by atoms with van der Waals surface area (Å²) in [6, 6.07) is 19.7. The number of nitrogens with one attached hydrogen (secondary N) is 1. The van der Waals surface area contributed by atoms with Crippen LogP contribution in [0.2, 0.25) is 5.02 Å². The third-order valence-corrected chi connectivity index (χ3v) is 7.66. The molecule has 1 aliphatic carbocycles. The van der Waals surface area contributed by atoms with Crippen LogP contribution in [0.5, 0.6) is 11.5 Å². The van der Waals surface area contributed by atoms with Crippen LogP contribution < -0.4 is 14.8 Å². The van der Waals surface area contributed by atoms with E-state index in [4.69, 9.17) is 21.1 Å². The zero-order valence-electron chi connectivity index (χ0n) is 23.4. The number of aliphatic carboxylic acids is 1. The predicted molar refractivity (Wildman–Crippen MR) is 160 cm³/mol. The van der Waals surface area contributed by atoms with E-state index in [1.807, 2.05) is 48.5 Å². The van der Waals surface area contributed by atoms with Crippen molar-refractivity contribution in [2.24, 2.45) is 5.92 Å². The Labute approximate surface area is 250 Å². The van der Waals surface area contributed by atoms with Gasteiger partial charge in [-0.1, -0.05) is 42.3 Å². The number of carboxylic acid groups (broad SMARTS) is 2. The molecule has 3 aromatic rings. The second-order valence-electron chi connectivity index (χ2n) is 10.6. The van der Waals surface area contributed by atoms with Gasteiger partial charge in [0.1, 0.15) is 11.5 Å². The molecular formula is C33H36ClNO7. The summed E-state index contributed by atoms with van der Waals surface area (Å²) in [7, 11) is 0. The lowest BCUT2D eigenvalue weighted by Gasteiger charge is -2.27. The maximum atomic E-state index is 13.1. The van der Waals surface area contributed by atoms with E-state index in [1.165, 1.54) is 23.8 Å². The summed E-state index contributed by atoms with van der Waals surface area (Å²) in [5, 5.41) is 22.4. The molecule has 1 amide bonds. The molecule has 0 aromatic heterocycles. The maximum absolute atomic E-state index is 13.1. The van der Waals surface area contributed by atoms with Gasteiger partial charge in [0.25, 0.3) is 5.91 Å². The number of halogens is 1. The van der Waals surface area contributed by atoms with Crippen LogP contribution in [0.25, 0.3) is 0 Å². The molecule has 4 rings (SSSR count). The van der Waals surface area contributed by atoms with Crippen molar-refractivity contribution < 1.29 is 34.1 Å².